The molecule has 1 saturated carbocycles. The van der Waals surface area contributed by atoms with Crippen molar-refractivity contribution in [2.75, 3.05) is 24.4 Å². The molecule has 0 radical (unpaired) electrons. The van der Waals surface area contributed by atoms with E-state index in [-0.39, 0.29) is 11.6 Å². The molecule has 2 aromatic carbocycles. The van der Waals surface area contributed by atoms with E-state index in [9.17, 15) is 9.59 Å². The lowest BCUT2D eigenvalue weighted by atomic mass is 10.1. The highest BCUT2D eigenvalue weighted by Gasteiger charge is 2.22. The van der Waals surface area contributed by atoms with E-state index in [4.69, 9.17) is 16.3 Å². The number of carbonyl (C=O) groups is 1. The van der Waals surface area contributed by atoms with Crippen LogP contribution < -0.4 is 20.9 Å². The van der Waals surface area contributed by atoms with Crippen molar-refractivity contribution in [2.45, 2.75) is 25.8 Å². The Morgan fingerprint density at radius 3 is 2.74 bits per heavy atom. The smallest absolute Gasteiger partial charge is 0.411 e. The predicted molar refractivity (Wildman–Crippen MR) is 122 cm³/mol. The monoisotopic (exact) mass is 441 g/mol. The number of amides is 1. The molecule has 162 valence electrons. The SMILES string of the molecule is COC(=O)Nc1cccc(N[C@@H](C)c2cc3cc(Cl)c(OCC4CC4)cc3[nH]c2=O)c1. The molecule has 3 N–H and O–H groups in total. The molecule has 31 heavy (non-hydrogen) atoms. The number of methoxy groups -OCH3 is 1. The molecule has 4 rings (SSSR count). The van der Waals surface area contributed by atoms with E-state index < -0.39 is 6.09 Å². The summed E-state index contributed by atoms with van der Waals surface area (Å²) in [5.41, 5.74) is 2.40. The molecular formula is C23H24ClN3O4. The van der Waals surface area contributed by atoms with Crippen LogP contribution in [0, 0.1) is 5.92 Å². The van der Waals surface area contributed by atoms with Crippen molar-refractivity contribution in [3.8, 4) is 5.75 Å². The number of anilines is 2. The Morgan fingerprint density at radius 1 is 1.23 bits per heavy atom. The molecule has 1 aromatic heterocycles. The number of hydrogen-bond donors (Lipinski definition) is 3. The number of carbonyl (C=O) groups excluding carboxylic acids is 1. The van der Waals surface area contributed by atoms with Gasteiger partial charge in [0.1, 0.15) is 5.75 Å². The maximum Gasteiger partial charge on any atom is 0.411 e. The summed E-state index contributed by atoms with van der Waals surface area (Å²) in [6.45, 7) is 2.55. The molecule has 1 aliphatic rings. The fraction of sp³-hybridized carbons (Fsp3) is 0.304. The van der Waals surface area contributed by atoms with Crippen LogP contribution in [0.2, 0.25) is 5.02 Å². The van der Waals surface area contributed by atoms with E-state index in [1.165, 1.54) is 20.0 Å². The zero-order valence-corrected chi connectivity index (χ0v) is 18.1. The summed E-state index contributed by atoms with van der Waals surface area (Å²) in [6.07, 6.45) is 1.84. The summed E-state index contributed by atoms with van der Waals surface area (Å²) in [6, 6.07) is 12.3. The van der Waals surface area contributed by atoms with E-state index in [0.29, 0.717) is 40.1 Å². The first kappa shape index (κ1) is 21.1. The van der Waals surface area contributed by atoms with E-state index in [0.717, 1.165) is 11.1 Å². The Kier molecular flexibility index (Phi) is 6.04. The van der Waals surface area contributed by atoms with Gasteiger partial charge in [-0.2, -0.15) is 0 Å². The summed E-state index contributed by atoms with van der Waals surface area (Å²) in [5, 5.41) is 7.26. The van der Waals surface area contributed by atoms with Gasteiger partial charge in [0.2, 0.25) is 0 Å². The minimum atomic E-state index is -0.548. The van der Waals surface area contributed by atoms with Gasteiger partial charge in [0.15, 0.2) is 0 Å². The van der Waals surface area contributed by atoms with E-state index in [1.807, 2.05) is 25.1 Å². The molecule has 0 spiro atoms. The maximum atomic E-state index is 12.7. The van der Waals surface area contributed by atoms with Crippen LogP contribution in [0.3, 0.4) is 0 Å². The standard InChI is InChI=1S/C23H24ClN3O4/c1-13(25-16-4-3-5-17(10-16)26-23(29)30-2)18-8-15-9-19(24)21(31-12-14-6-7-14)11-20(15)27-22(18)28/h3-5,8-11,13-14,25H,6-7,12H2,1-2H3,(H,26,29)(H,27,28)/t13-/m0/s1. The molecule has 1 atom stereocenters. The van der Waals surface area contributed by atoms with Gasteiger partial charge in [-0.05, 0) is 56.0 Å². The molecule has 0 saturated heterocycles. The quantitative estimate of drug-likeness (QED) is 0.461. The Hall–Kier alpha value is -3.19. The van der Waals surface area contributed by atoms with Crippen molar-refractivity contribution in [1.82, 2.24) is 4.98 Å². The lowest BCUT2D eigenvalue weighted by molar-refractivity contribution is 0.187. The van der Waals surface area contributed by atoms with Crippen molar-refractivity contribution in [3.05, 3.63) is 63.4 Å². The second-order valence-corrected chi connectivity index (χ2v) is 8.15. The van der Waals surface area contributed by atoms with Gasteiger partial charge in [-0.1, -0.05) is 17.7 Å². The minimum Gasteiger partial charge on any atom is -0.492 e. The number of pyridine rings is 1. The van der Waals surface area contributed by atoms with Crippen molar-refractivity contribution in [2.24, 2.45) is 5.92 Å². The molecule has 1 fully saturated rings. The molecular weight excluding hydrogens is 418 g/mol. The van der Waals surface area contributed by atoms with Crippen LogP contribution >= 0.6 is 11.6 Å². The van der Waals surface area contributed by atoms with Crippen LogP contribution in [-0.4, -0.2) is 24.8 Å². The first-order valence-electron chi connectivity index (χ1n) is 10.1. The zero-order valence-electron chi connectivity index (χ0n) is 17.3. The molecule has 1 amide bonds. The third kappa shape index (κ3) is 5.11. The van der Waals surface area contributed by atoms with Crippen molar-refractivity contribution < 1.29 is 14.3 Å². The minimum absolute atomic E-state index is 0.188. The van der Waals surface area contributed by atoms with Crippen LogP contribution in [0.5, 0.6) is 5.75 Å². The first-order valence-corrected chi connectivity index (χ1v) is 10.5. The maximum absolute atomic E-state index is 12.7. The molecule has 1 heterocycles. The second-order valence-electron chi connectivity index (χ2n) is 7.74. The molecule has 1 aliphatic carbocycles. The number of aromatic nitrogens is 1. The number of hydrogen-bond acceptors (Lipinski definition) is 5. The summed E-state index contributed by atoms with van der Waals surface area (Å²) in [4.78, 5) is 27.1. The van der Waals surface area contributed by atoms with Crippen LogP contribution in [0.15, 0.2) is 47.3 Å². The molecule has 8 heteroatoms. The Balaban J connectivity index is 1.55. The van der Waals surface area contributed by atoms with E-state index in [2.05, 4.69) is 20.4 Å². The summed E-state index contributed by atoms with van der Waals surface area (Å²) in [7, 11) is 1.31. The lowest BCUT2D eigenvalue weighted by Gasteiger charge is -2.17. The van der Waals surface area contributed by atoms with Crippen LogP contribution in [-0.2, 0) is 4.74 Å². The number of aromatic amines is 1. The Morgan fingerprint density at radius 2 is 2.00 bits per heavy atom. The number of ether oxygens (including phenoxy) is 2. The van der Waals surface area contributed by atoms with Crippen LogP contribution in [0.1, 0.15) is 31.4 Å². The third-order valence-corrected chi connectivity index (χ3v) is 5.54. The average molecular weight is 442 g/mol. The van der Waals surface area contributed by atoms with Gasteiger partial charge < -0.3 is 19.8 Å². The van der Waals surface area contributed by atoms with Crippen LogP contribution in [0.4, 0.5) is 16.2 Å². The summed E-state index contributed by atoms with van der Waals surface area (Å²) < 4.78 is 10.4. The summed E-state index contributed by atoms with van der Waals surface area (Å²) >= 11 is 6.40. The lowest BCUT2D eigenvalue weighted by Crippen LogP contribution is -2.19. The van der Waals surface area contributed by atoms with Crippen molar-refractivity contribution in [3.63, 3.8) is 0 Å². The van der Waals surface area contributed by atoms with Gasteiger partial charge in [0.25, 0.3) is 5.56 Å². The molecule has 7 nitrogen and oxygen atoms in total. The normalized spacial score (nSPS) is 14.2. The molecule has 0 bridgehead atoms. The average Bonchev–Trinajstić information content (AvgIpc) is 3.57. The van der Waals surface area contributed by atoms with Crippen molar-refractivity contribution in [1.29, 1.82) is 0 Å². The highest BCUT2D eigenvalue weighted by atomic mass is 35.5. The number of benzene rings is 2. The zero-order chi connectivity index (χ0) is 22.0. The number of nitrogens with one attached hydrogen (secondary N) is 3. The third-order valence-electron chi connectivity index (χ3n) is 5.24. The fourth-order valence-electron chi connectivity index (χ4n) is 3.33. The topological polar surface area (TPSA) is 92.4 Å². The van der Waals surface area contributed by atoms with Crippen LogP contribution in [0.25, 0.3) is 10.9 Å². The van der Waals surface area contributed by atoms with Gasteiger partial charge in [-0.3, -0.25) is 10.1 Å². The molecule has 0 unspecified atom stereocenters. The predicted octanol–water partition coefficient (Wildman–Crippen LogP) is 5.32. The summed E-state index contributed by atoms with van der Waals surface area (Å²) in [5.74, 6) is 1.20. The van der Waals surface area contributed by atoms with Gasteiger partial charge in [0.05, 0.1) is 30.3 Å². The van der Waals surface area contributed by atoms with Gasteiger partial charge in [-0.15, -0.1) is 0 Å². The number of rotatable bonds is 7. The fourth-order valence-corrected chi connectivity index (χ4v) is 3.56. The first-order chi connectivity index (χ1) is 14.9. The van der Waals surface area contributed by atoms with E-state index >= 15 is 0 Å². The largest absolute Gasteiger partial charge is 0.492 e. The van der Waals surface area contributed by atoms with Gasteiger partial charge in [-0.25, -0.2) is 4.79 Å². The Labute approximate surface area is 184 Å². The Bertz CT molecular complexity index is 1170. The number of halogens is 1. The second kappa shape index (κ2) is 8.89. The van der Waals surface area contributed by atoms with E-state index in [1.54, 1.807) is 24.3 Å². The highest BCUT2D eigenvalue weighted by molar-refractivity contribution is 6.32. The van der Waals surface area contributed by atoms with Gasteiger partial charge >= 0.3 is 6.09 Å². The van der Waals surface area contributed by atoms with Gasteiger partial charge in [0, 0.05) is 28.4 Å². The molecule has 0 aliphatic heterocycles. The van der Waals surface area contributed by atoms with Crippen molar-refractivity contribution >= 4 is 40.0 Å². The highest BCUT2D eigenvalue weighted by Crippen LogP contribution is 2.34. The molecule has 3 aromatic rings. The number of fused-ring (bicyclic) bond motifs is 1. The number of H-pyrrole nitrogens is 1.